The molecule has 108 valence electrons. The summed E-state index contributed by atoms with van der Waals surface area (Å²) in [6.07, 6.45) is 0.883. The second-order valence-electron chi connectivity index (χ2n) is 4.71. The van der Waals surface area contributed by atoms with Crippen molar-refractivity contribution < 1.29 is 14.3 Å². The van der Waals surface area contributed by atoms with Crippen LogP contribution in [-0.4, -0.2) is 19.1 Å². The van der Waals surface area contributed by atoms with Crippen LogP contribution in [0, 0.1) is 0 Å². The molecule has 5 heteroatoms. The van der Waals surface area contributed by atoms with E-state index in [0.29, 0.717) is 12.4 Å². The lowest BCUT2D eigenvalue weighted by molar-refractivity contribution is -0.118. The monoisotopic (exact) mass is 347 g/mol. The molecule has 1 N–H and O–H groups in total. The third-order valence-electron chi connectivity index (χ3n) is 3.16. The van der Waals surface area contributed by atoms with E-state index in [9.17, 15) is 4.79 Å². The van der Waals surface area contributed by atoms with Crippen molar-refractivity contribution in [3.8, 4) is 11.5 Å². The maximum Gasteiger partial charge on any atom is 0.262 e. The maximum absolute atomic E-state index is 11.9. The Hall–Kier alpha value is -2.01. The van der Waals surface area contributed by atoms with Crippen LogP contribution < -0.4 is 14.8 Å². The summed E-state index contributed by atoms with van der Waals surface area (Å²) < 4.78 is 11.8. The molecule has 3 rings (SSSR count). The Labute approximate surface area is 131 Å². The molecule has 1 heterocycles. The van der Waals surface area contributed by atoms with Crippen molar-refractivity contribution in [3.63, 3.8) is 0 Å². The van der Waals surface area contributed by atoms with Crippen molar-refractivity contribution >= 4 is 27.5 Å². The Kier molecular flexibility index (Phi) is 4.10. The van der Waals surface area contributed by atoms with E-state index < -0.39 is 0 Å². The molecule has 0 bridgehead atoms. The van der Waals surface area contributed by atoms with Gasteiger partial charge in [0.25, 0.3) is 5.91 Å². The normalized spacial score (nSPS) is 12.4. The summed E-state index contributed by atoms with van der Waals surface area (Å²) in [7, 11) is 0. The number of carbonyl (C=O) groups excluding carboxylic acids is 1. The van der Waals surface area contributed by atoms with Crippen molar-refractivity contribution in [2.24, 2.45) is 0 Å². The first-order valence-corrected chi connectivity index (χ1v) is 7.44. The molecule has 0 radical (unpaired) electrons. The molecule has 1 aliphatic rings. The molecule has 0 aliphatic carbocycles. The van der Waals surface area contributed by atoms with E-state index in [4.69, 9.17) is 9.47 Å². The quantitative estimate of drug-likeness (QED) is 0.921. The minimum absolute atomic E-state index is 0.0186. The number of rotatable bonds is 4. The zero-order valence-electron chi connectivity index (χ0n) is 11.3. The first-order chi connectivity index (χ1) is 10.2. The molecule has 0 aromatic heterocycles. The highest BCUT2D eigenvalue weighted by Gasteiger charge is 2.13. The molecule has 0 spiro atoms. The number of halogens is 1. The second kappa shape index (κ2) is 6.18. The summed E-state index contributed by atoms with van der Waals surface area (Å²) in [6.45, 7) is 0.689. The van der Waals surface area contributed by atoms with E-state index >= 15 is 0 Å². The van der Waals surface area contributed by atoms with Gasteiger partial charge < -0.3 is 14.8 Å². The summed E-state index contributed by atoms with van der Waals surface area (Å²) in [6, 6.07) is 13.0. The molecule has 2 aromatic rings. The molecule has 1 aliphatic heterocycles. The molecule has 0 saturated carbocycles. The molecule has 0 fully saturated rings. The predicted molar refractivity (Wildman–Crippen MR) is 83.9 cm³/mol. The number of carbonyl (C=O) groups is 1. The fourth-order valence-corrected chi connectivity index (χ4v) is 2.41. The minimum Gasteiger partial charge on any atom is -0.493 e. The average Bonchev–Trinajstić information content (AvgIpc) is 2.94. The summed E-state index contributed by atoms with van der Waals surface area (Å²) in [4.78, 5) is 11.9. The standard InChI is InChI=1S/C16H14BrNO3/c17-12-1-4-14(5-2-12)21-10-16(19)18-13-3-6-15-11(9-13)7-8-20-15/h1-6,9H,7-8,10H2,(H,18,19). The Balaban J connectivity index is 1.55. The Morgan fingerprint density at radius 2 is 2.05 bits per heavy atom. The summed E-state index contributed by atoms with van der Waals surface area (Å²) in [5.41, 5.74) is 1.89. The van der Waals surface area contributed by atoms with E-state index in [2.05, 4.69) is 21.2 Å². The van der Waals surface area contributed by atoms with Crippen LogP contribution in [0.15, 0.2) is 46.9 Å². The Morgan fingerprint density at radius 3 is 2.86 bits per heavy atom. The molecular formula is C16H14BrNO3. The Bertz CT molecular complexity index is 655. The number of hydrogen-bond donors (Lipinski definition) is 1. The molecular weight excluding hydrogens is 334 g/mol. The third-order valence-corrected chi connectivity index (χ3v) is 3.69. The molecule has 1 amide bonds. The van der Waals surface area contributed by atoms with Gasteiger partial charge in [-0.2, -0.15) is 0 Å². The van der Waals surface area contributed by atoms with E-state index in [0.717, 1.165) is 27.9 Å². The highest BCUT2D eigenvalue weighted by atomic mass is 79.9. The number of amides is 1. The van der Waals surface area contributed by atoms with Gasteiger partial charge in [0.2, 0.25) is 0 Å². The molecule has 0 unspecified atom stereocenters. The zero-order valence-corrected chi connectivity index (χ0v) is 12.9. The minimum atomic E-state index is -0.184. The largest absolute Gasteiger partial charge is 0.493 e. The number of fused-ring (bicyclic) bond motifs is 1. The van der Waals surface area contributed by atoms with Crippen LogP contribution >= 0.6 is 15.9 Å². The van der Waals surface area contributed by atoms with Crippen molar-refractivity contribution in [2.75, 3.05) is 18.5 Å². The smallest absolute Gasteiger partial charge is 0.262 e. The van der Waals surface area contributed by atoms with Crippen molar-refractivity contribution in [1.29, 1.82) is 0 Å². The van der Waals surface area contributed by atoms with Crippen LogP contribution in [0.3, 0.4) is 0 Å². The van der Waals surface area contributed by atoms with Crippen LogP contribution in [0.1, 0.15) is 5.56 Å². The number of benzene rings is 2. The van der Waals surface area contributed by atoms with Crippen LogP contribution in [0.25, 0.3) is 0 Å². The number of ether oxygens (including phenoxy) is 2. The molecule has 2 aromatic carbocycles. The average molecular weight is 348 g/mol. The Morgan fingerprint density at radius 1 is 1.24 bits per heavy atom. The highest BCUT2D eigenvalue weighted by molar-refractivity contribution is 9.10. The fraction of sp³-hybridized carbons (Fsp3) is 0.188. The van der Waals surface area contributed by atoms with Gasteiger partial charge in [-0.25, -0.2) is 0 Å². The maximum atomic E-state index is 11.9. The molecule has 21 heavy (non-hydrogen) atoms. The lowest BCUT2D eigenvalue weighted by atomic mass is 10.1. The van der Waals surface area contributed by atoms with Crippen LogP contribution in [0.4, 0.5) is 5.69 Å². The fourth-order valence-electron chi connectivity index (χ4n) is 2.14. The van der Waals surface area contributed by atoms with Crippen LogP contribution in [0.5, 0.6) is 11.5 Å². The van der Waals surface area contributed by atoms with Gasteiger partial charge in [0.05, 0.1) is 6.61 Å². The van der Waals surface area contributed by atoms with Crippen molar-refractivity contribution in [1.82, 2.24) is 0 Å². The summed E-state index contributed by atoms with van der Waals surface area (Å²) >= 11 is 3.35. The van der Waals surface area contributed by atoms with Gasteiger partial charge in [-0.1, -0.05) is 15.9 Å². The zero-order chi connectivity index (χ0) is 14.7. The van der Waals surface area contributed by atoms with Gasteiger partial charge in [0.1, 0.15) is 11.5 Å². The second-order valence-corrected chi connectivity index (χ2v) is 5.63. The van der Waals surface area contributed by atoms with E-state index in [-0.39, 0.29) is 12.5 Å². The van der Waals surface area contributed by atoms with Gasteiger partial charge in [-0.3, -0.25) is 4.79 Å². The van der Waals surface area contributed by atoms with Crippen molar-refractivity contribution in [2.45, 2.75) is 6.42 Å². The number of nitrogens with one attached hydrogen (secondary N) is 1. The summed E-state index contributed by atoms with van der Waals surface area (Å²) in [5.74, 6) is 1.38. The molecule has 4 nitrogen and oxygen atoms in total. The number of anilines is 1. The van der Waals surface area contributed by atoms with Crippen LogP contribution in [0.2, 0.25) is 0 Å². The van der Waals surface area contributed by atoms with E-state index in [1.165, 1.54) is 0 Å². The third kappa shape index (κ3) is 3.55. The van der Waals surface area contributed by atoms with Gasteiger partial charge in [0, 0.05) is 16.6 Å². The van der Waals surface area contributed by atoms with Gasteiger partial charge >= 0.3 is 0 Å². The van der Waals surface area contributed by atoms with Crippen LogP contribution in [-0.2, 0) is 11.2 Å². The lowest BCUT2D eigenvalue weighted by Gasteiger charge is -2.08. The van der Waals surface area contributed by atoms with E-state index in [1.807, 2.05) is 42.5 Å². The van der Waals surface area contributed by atoms with E-state index in [1.54, 1.807) is 0 Å². The first-order valence-electron chi connectivity index (χ1n) is 6.65. The van der Waals surface area contributed by atoms with Gasteiger partial charge in [-0.05, 0) is 48.0 Å². The topological polar surface area (TPSA) is 47.6 Å². The van der Waals surface area contributed by atoms with Crippen molar-refractivity contribution in [3.05, 3.63) is 52.5 Å². The van der Waals surface area contributed by atoms with Gasteiger partial charge in [-0.15, -0.1) is 0 Å². The first kappa shape index (κ1) is 13.9. The summed E-state index contributed by atoms with van der Waals surface area (Å²) in [5, 5.41) is 2.82. The number of hydrogen-bond acceptors (Lipinski definition) is 3. The molecule has 0 saturated heterocycles. The molecule has 0 atom stereocenters. The van der Waals surface area contributed by atoms with Gasteiger partial charge in [0.15, 0.2) is 6.61 Å². The predicted octanol–water partition coefficient (Wildman–Crippen LogP) is 3.40. The lowest BCUT2D eigenvalue weighted by Crippen LogP contribution is -2.20. The SMILES string of the molecule is O=C(COc1ccc(Br)cc1)Nc1ccc2c(c1)CCO2. The highest BCUT2D eigenvalue weighted by Crippen LogP contribution is 2.27.